The van der Waals surface area contributed by atoms with Crippen LogP contribution < -0.4 is 11.5 Å². The first-order chi connectivity index (χ1) is 11.2. The number of Topliss-reactive ketones (excluding diaryl/α,β-unsaturated/α-hetero) is 1. The van der Waals surface area contributed by atoms with Gasteiger partial charge in [-0.05, 0) is 18.4 Å². The molecule has 0 radical (unpaired) electrons. The number of carbonyl (C=O) groups excluding carboxylic acids is 1. The van der Waals surface area contributed by atoms with E-state index in [1.165, 1.54) is 0 Å². The maximum atomic E-state index is 12.4. The van der Waals surface area contributed by atoms with Crippen molar-refractivity contribution in [1.82, 2.24) is 4.90 Å². The van der Waals surface area contributed by atoms with Crippen molar-refractivity contribution in [3.8, 4) is 0 Å². The molecule has 0 aromatic carbocycles. The predicted molar refractivity (Wildman–Crippen MR) is 94.0 cm³/mol. The van der Waals surface area contributed by atoms with E-state index < -0.39 is 0 Å². The molecule has 0 aromatic rings. The number of hydrogen-bond acceptors (Lipinski definition) is 5. The Labute approximate surface area is 143 Å². The van der Waals surface area contributed by atoms with Crippen molar-refractivity contribution in [2.45, 2.75) is 45.8 Å². The number of hydrogen-bond donors (Lipinski definition) is 4. The Hall–Kier alpha value is -2.02. The van der Waals surface area contributed by atoms with E-state index in [0.717, 1.165) is 0 Å². The molecule has 1 aliphatic heterocycles. The van der Waals surface area contributed by atoms with Crippen LogP contribution in [0.3, 0.4) is 0 Å². The van der Waals surface area contributed by atoms with Crippen LogP contribution in [0.1, 0.15) is 33.6 Å². The molecule has 1 aliphatic rings. The van der Waals surface area contributed by atoms with E-state index in [9.17, 15) is 9.90 Å². The molecule has 7 heteroatoms. The largest absolute Gasteiger partial charge is 0.487 e. The van der Waals surface area contributed by atoms with Crippen molar-refractivity contribution in [2.24, 2.45) is 23.3 Å². The average molecular weight is 338 g/mol. The van der Waals surface area contributed by atoms with Crippen molar-refractivity contribution in [3.05, 3.63) is 24.1 Å². The summed E-state index contributed by atoms with van der Waals surface area (Å²) in [6, 6.07) is -0.277. The van der Waals surface area contributed by atoms with Crippen LogP contribution in [0.4, 0.5) is 0 Å². The maximum Gasteiger partial charge on any atom is 0.199 e. The molecule has 0 saturated heterocycles. The number of nitrogens with one attached hydrogen (secondary N) is 1. The van der Waals surface area contributed by atoms with E-state index >= 15 is 0 Å². The highest BCUT2D eigenvalue weighted by Gasteiger charge is 2.34. The van der Waals surface area contributed by atoms with Crippen molar-refractivity contribution >= 4 is 11.7 Å². The minimum Gasteiger partial charge on any atom is -0.487 e. The van der Waals surface area contributed by atoms with Crippen molar-refractivity contribution < 1.29 is 14.6 Å². The summed E-state index contributed by atoms with van der Waals surface area (Å²) in [7, 11) is 0. The minimum absolute atomic E-state index is 0.0545. The Morgan fingerprint density at radius 1 is 1.50 bits per heavy atom. The van der Waals surface area contributed by atoms with Crippen molar-refractivity contribution in [1.29, 1.82) is 5.41 Å². The predicted octanol–water partition coefficient (Wildman–Crippen LogP) is 0.939. The molecule has 0 bridgehead atoms. The third-order valence-corrected chi connectivity index (χ3v) is 4.17. The van der Waals surface area contributed by atoms with Crippen LogP contribution in [-0.4, -0.2) is 47.0 Å². The van der Waals surface area contributed by atoms with E-state index in [4.69, 9.17) is 21.6 Å². The summed E-state index contributed by atoms with van der Waals surface area (Å²) < 4.78 is 5.90. The fourth-order valence-electron chi connectivity index (χ4n) is 2.71. The standard InChI is InChI=1S/C17H30N4O3/c1-10(2)16(23)15-8-13(21(17(19)20)9-12(4)18)7-14(24-15)11(3)5-6-22/h8,10-11,13-14,22H,4-7,9,18H2,1-3H3,(H3,19,20)/t11-,13-,14-/m1/s1. The lowest BCUT2D eigenvalue weighted by molar-refractivity contribution is -0.124. The molecule has 3 atom stereocenters. The molecule has 6 N–H and O–H groups in total. The lowest BCUT2D eigenvalue weighted by Crippen LogP contribution is -2.49. The zero-order valence-electron chi connectivity index (χ0n) is 14.8. The first-order valence-corrected chi connectivity index (χ1v) is 8.24. The topological polar surface area (TPSA) is 126 Å². The highest BCUT2D eigenvalue weighted by atomic mass is 16.5. The summed E-state index contributed by atoms with van der Waals surface area (Å²) in [6.45, 7) is 9.56. The zero-order chi connectivity index (χ0) is 18.4. The molecule has 0 unspecified atom stereocenters. The Balaban J connectivity index is 3.13. The van der Waals surface area contributed by atoms with Gasteiger partial charge < -0.3 is 26.2 Å². The number of carbonyl (C=O) groups is 1. The van der Waals surface area contributed by atoms with Crippen LogP contribution in [0.15, 0.2) is 24.1 Å². The highest BCUT2D eigenvalue weighted by molar-refractivity contribution is 5.95. The van der Waals surface area contributed by atoms with Crippen LogP contribution in [0.5, 0.6) is 0 Å². The van der Waals surface area contributed by atoms with Gasteiger partial charge in [0.1, 0.15) is 6.10 Å². The fraction of sp³-hybridized carbons (Fsp3) is 0.647. The van der Waals surface area contributed by atoms with Gasteiger partial charge in [0.05, 0.1) is 12.6 Å². The summed E-state index contributed by atoms with van der Waals surface area (Å²) >= 11 is 0. The van der Waals surface area contributed by atoms with Gasteiger partial charge in [-0.3, -0.25) is 10.2 Å². The SMILES string of the molecule is C=C(N)CN(C(=N)N)[C@H]1C=C(C(=O)C(C)C)O[C@@H]([C@H](C)CCO)C1. The molecule has 1 rings (SSSR count). The summed E-state index contributed by atoms with van der Waals surface area (Å²) in [6.07, 6.45) is 2.61. The third-order valence-electron chi connectivity index (χ3n) is 4.17. The zero-order valence-corrected chi connectivity index (χ0v) is 14.8. The Morgan fingerprint density at radius 3 is 2.58 bits per heavy atom. The van der Waals surface area contributed by atoms with Gasteiger partial charge in [0.15, 0.2) is 17.5 Å². The van der Waals surface area contributed by atoms with Gasteiger partial charge >= 0.3 is 0 Å². The molecule has 0 spiro atoms. The van der Waals surface area contributed by atoms with Gasteiger partial charge in [0.25, 0.3) is 0 Å². The second kappa shape index (κ2) is 8.73. The van der Waals surface area contributed by atoms with Crippen LogP contribution >= 0.6 is 0 Å². The normalized spacial score (nSPS) is 21.6. The van der Waals surface area contributed by atoms with Gasteiger partial charge in [-0.25, -0.2) is 0 Å². The van der Waals surface area contributed by atoms with E-state index in [1.807, 2.05) is 20.8 Å². The Bertz CT molecular complexity index is 516. The summed E-state index contributed by atoms with van der Waals surface area (Å²) in [5.41, 5.74) is 11.8. The quantitative estimate of drug-likeness (QED) is 0.385. The third kappa shape index (κ3) is 5.26. The molecule has 24 heavy (non-hydrogen) atoms. The number of allylic oxidation sites excluding steroid dienone is 1. The summed E-state index contributed by atoms with van der Waals surface area (Å²) in [4.78, 5) is 14.0. The maximum absolute atomic E-state index is 12.4. The number of nitrogens with zero attached hydrogens (tertiary/aromatic N) is 1. The van der Waals surface area contributed by atoms with E-state index in [1.54, 1.807) is 11.0 Å². The van der Waals surface area contributed by atoms with Gasteiger partial charge in [0.2, 0.25) is 0 Å². The Morgan fingerprint density at radius 2 is 2.12 bits per heavy atom. The van der Waals surface area contributed by atoms with Gasteiger partial charge in [-0.2, -0.15) is 0 Å². The van der Waals surface area contributed by atoms with Gasteiger partial charge in [-0.15, -0.1) is 0 Å². The number of ketones is 1. The molecule has 0 aliphatic carbocycles. The molecule has 0 saturated carbocycles. The first kappa shape index (κ1) is 20.0. The van der Waals surface area contributed by atoms with Crippen molar-refractivity contribution in [3.63, 3.8) is 0 Å². The Kier molecular flexibility index (Phi) is 7.28. The molecular weight excluding hydrogens is 308 g/mol. The molecule has 0 aromatic heterocycles. The minimum atomic E-state index is -0.277. The average Bonchev–Trinajstić information content (AvgIpc) is 2.51. The van der Waals surface area contributed by atoms with Crippen LogP contribution in [-0.2, 0) is 9.53 Å². The molecular formula is C17H30N4O3. The molecule has 7 nitrogen and oxygen atoms in total. The number of rotatable bonds is 8. The number of guanidine groups is 1. The second-order valence-corrected chi connectivity index (χ2v) is 6.67. The number of aliphatic hydroxyl groups is 1. The van der Waals surface area contributed by atoms with Crippen LogP contribution in [0.2, 0.25) is 0 Å². The van der Waals surface area contributed by atoms with E-state index in [-0.39, 0.29) is 48.9 Å². The lowest BCUT2D eigenvalue weighted by Gasteiger charge is -2.38. The number of nitrogens with two attached hydrogens (primary N) is 2. The summed E-state index contributed by atoms with van der Waals surface area (Å²) in [5.74, 6) is -0.0503. The molecule has 136 valence electrons. The lowest BCUT2D eigenvalue weighted by atomic mass is 9.91. The molecule has 1 heterocycles. The van der Waals surface area contributed by atoms with E-state index in [2.05, 4.69) is 6.58 Å². The molecule has 0 fully saturated rings. The first-order valence-electron chi connectivity index (χ1n) is 8.24. The second-order valence-electron chi connectivity index (χ2n) is 6.67. The molecule has 0 amide bonds. The van der Waals surface area contributed by atoms with Gasteiger partial charge in [-0.1, -0.05) is 27.4 Å². The highest BCUT2D eigenvalue weighted by Crippen LogP contribution is 2.29. The van der Waals surface area contributed by atoms with Gasteiger partial charge in [0, 0.05) is 24.6 Å². The summed E-state index contributed by atoms with van der Waals surface area (Å²) in [5, 5.41) is 17.0. The number of ether oxygens (including phenoxy) is 1. The smallest absolute Gasteiger partial charge is 0.199 e. The fourth-order valence-corrected chi connectivity index (χ4v) is 2.71. The van der Waals surface area contributed by atoms with E-state index in [0.29, 0.717) is 24.3 Å². The van der Waals surface area contributed by atoms with Crippen LogP contribution in [0, 0.1) is 17.2 Å². The van der Waals surface area contributed by atoms with Crippen molar-refractivity contribution in [2.75, 3.05) is 13.2 Å². The van der Waals surface area contributed by atoms with Crippen LogP contribution in [0.25, 0.3) is 0 Å². The monoisotopic (exact) mass is 338 g/mol. The number of aliphatic hydroxyl groups excluding tert-OH is 1.